The van der Waals surface area contributed by atoms with Crippen LogP contribution < -0.4 is 10.1 Å². The summed E-state index contributed by atoms with van der Waals surface area (Å²) in [7, 11) is 3.42. The number of rotatable bonds is 8. The first kappa shape index (κ1) is 22.1. The van der Waals surface area contributed by atoms with Gasteiger partial charge in [0.25, 0.3) is 0 Å². The van der Waals surface area contributed by atoms with Crippen LogP contribution in [0.4, 0.5) is 9.18 Å². The zero-order valence-electron chi connectivity index (χ0n) is 17.6. The maximum Gasteiger partial charge on any atom is 0.317 e. The Hall–Kier alpha value is -2.64. The molecule has 0 aliphatic carbocycles. The van der Waals surface area contributed by atoms with Crippen molar-refractivity contribution < 1.29 is 18.7 Å². The van der Waals surface area contributed by atoms with Crippen LogP contribution in [0.25, 0.3) is 0 Å². The Morgan fingerprint density at radius 1 is 1.23 bits per heavy atom. The first-order valence-electron chi connectivity index (χ1n) is 10.3. The molecule has 7 heteroatoms. The van der Waals surface area contributed by atoms with Crippen molar-refractivity contribution in [3.63, 3.8) is 0 Å². The van der Waals surface area contributed by atoms with E-state index in [0.29, 0.717) is 32.7 Å². The van der Waals surface area contributed by atoms with Gasteiger partial charge >= 0.3 is 6.03 Å². The molecule has 0 bridgehead atoms. The van der Waals surface area contributed by atoms with E-state index < -0.39 is 0 Å². The number of halogens is 1. The fourth-order valence-electron chi connectivity index (χ4n) is 3.68. The normalized spacial score (nSPS) is 15.4. The average molecular weight is 416 g/mol. The van der Waals surface area contributed by atoms with E-state index >= 15 is 0 Å². The highest BCUT2D eigenvalue weighted by Crippen LogP contribution is 2.22. The van der Waals surface area contributed by atoms with Crippen LogP contribution >= 0.6 is 0 Å². The Kier molecular flexibility index (Phi) is 8.04. The van der Waals surface area contributed by atoms with Gasteiger partial charge in [-0.15, -0.1) is 0 Å². The van der Waals surface area contributed by atoms with Crippen molar-refractivity contribution in [1.29, 1.82) is 0 Å². The molecule has 1 heterocycles. The average Bonchev–Trinajstić information content (AvgIpc) is 2.78. The van der Waals surface area contributed by atoms with E-state index in [-0.39, 0.29) is 17.9 Å². The number of hydrogen-bond acceptors (Lipinski definition) is 4. The Labute approximate surface area is 177 Å². The topological polar surface area (TPSA) is 54.0 Å². The van der Waals surface area contributed by atoms with Gasteiger partial charge in [0, 0.05) is 33.2 Å². The van der Waals surface area contributed by atoms with Crippen LogP contribution in [0, 0.1) is 5.82 Å². The zero-order valence-corrected chi connectivity index (χ0v) is 17.6. The predicted octanol–water partition coefficient (Wildman–Crippen LogP) is 3.09. The van der Waals surface area contributed by atoms with Crippen molar-refractivity contribution >= 4 is 6.03 Å². The molecule has 1 aliphatic rings. The van der Waals surface area contributed by atoms with E-state index in [1.807, 2.05) is 30.3 Å². The van der Waals surface area contributed by atoms with E-state index in [0.717, 1.165) is 30.0 Å². The fraction of sp³-hybridized carbons (Fsp3) is 0.435. The summed E-state index contributed by atoms with van der Waals surface area (Å²) in [4.78, 5) is 16.6. The molecular formula is C23H30FN3O3. The lowest BCUT2D eigenvalue weighted by Gasteiger charge is -2.35. The second-order valence-electron chi connectivity index (χ2n) is 7.39. The van der Waals surface area contributed by atoms with Crippen molar-refractivity contribution in [2.45, 2.75) is 12.5 Å². The summed E-state index contributed by atoms with van der Waals surface area (Å²) in [6, 6.07) is 14.1. The van der Waals surface area contributed by atoms with Crippen LogP contribution in [0.1, 0.15) is 17.2 Å². The number of amides is 2. The van der Waals surface area contributed by atoms with E-state index in [9.17, 15) is 9.18 Å². The molecule has 1 atom stereocenters. The van der Waals surface area contributed by atoms with Crippen LogP contribution in [-0.4, -0.2) is 69.4 Å². The molecule has 162 valence electrons. The first-order valence-corrected chi connectivity index (χ1v) is 10.3. The van der Waals surface area contributed by atoms with E-state index in [1.54, 1.807) is 25.1 Å². The number of morpholine rings is 1. The number of urea groups is 1. The molecule has 2 amide bonds. The number of para-hydroxylation sites is 1. The minimum absolute atomic E-state index is 0.101. The van der Waals surface area contributed by atoms with Gasteiger partial charge in [0.15, 0.2) is 0 Å². The number of benzene rings is 2. The number of methoxy groups -OCH3 is 1. The molecule has 3 rings (SSSR count). The van der Waals surface area contributed by atoms with Gasteiger partial charge in [-0.1, -0.05) is 30.3 Å². The molecule has 0 radical (unpaired) electrons. The molecular weight excluding hydrogens is 385 g/mol. The van der Waals surface area contributed by atoms with Gasteiger partial charge in [-0.25, -0.2) is 9.18 Å². The van der Waals surface area contributed by atoms with Gasteiger partial charge in [-0.3, -0.25) is 4.90 Å². The van der Waals surface area contributed by atoms with Crippen LogP contribution in [0.5, 0.6) is 5.75 Å². The minimum atomic E-state index is -0.272. The molecule has 2 aromatic carbocycles. The van der Waals surface area contributed by atoms with Crippen molar-refractivity contribution in [2.75, 3.05) is 53.6 Å². The lowest BCUT2D eigenvalue weighted by Crippen LogP contribution is -2.46. The van der Waals surface area contributed by atoms with Gasteiger partial charge in [0.05, 0.1) is 26.4 Å². The highest BCUT2D eigenvalue weighted by molar-refractivity contribution is 5.73. The van der Waals surface area contributed by atoms with Gasteiger partial charge in [0.2, 0.25) is 0 Å². The SMILES string of the molecule is COc1ccccc1CCN(C)C(=O)NCC(c1cccc(F)c1)N1CCOCC1. The first-order chi connectivity index (χ1) is 14.6. The Morgan fingerprint density at radius 3 is 2.73 bits per heavy atom. The maximum atomic E-state index is 13.8. The summed E-state index contributed by atoms with van der Waals surface area (Å²) in [6.45, 7) is 3.74. The summed E-state index contributed by atoms with van der Waals surface area (Å²) in [6.07, 6.45) is 0.699. The van der Waals surface area contributed by atoms with E-state index in [2.05, 4.69) is 10.2 Å². The molecule has 1 fully saturated rings. The lowest BCUT2D eigenvalue weighted by molar-refractivity contribution is 0.0164. The van der Waals surface area contributed by atoms with Crippen molar-refractivity contribution in [3.05, 3.63) is 65.5 Å². The molecule has 30 heavy (non-hydrogen) atoms. The Bertz CT molecular complexity index is 827. The zero-order chi connectivity index (χ0) is 21.3. The number of hydrogen-bond donors (Lipinski definition) is 1. The standard InChI is InChI=1S/C23H30FN3O3/c1-26(11-10-18-6-3-4-9-22(18)29-2)23(28)25-17-21(27-12-14-30-15-13-27)19-7-5-8-20(24)16-19/h3-9,16,21H,10-15,17H2,1-2H3,(H,25,28). The number of ether oxygens (including phenoxy) is 2. The summed E-state index contributed by atoms with van der Waals surface area (Å²) in [5.74, 6) is 0.552. The Morgan fingerprint density at radius 2 is 2.00 bits per heavy atom. The van der Waals surface area contributed by atoms with Gasteiger partial charge in [-0.2, -0.15) is 0 Å². The molecule has 1 unspecified atom stereocenters. The van der Waals surface area contributed by atoms with Gasteiger partial charge < -0.3 is 19.7 Å². The molecule has 2 aromatic rings. The summed E-state index contributed by atoms with van der Waals surface area (Å²) < 4.78 is 24.6. The molecule has 0 spiro atoms. The predicted molar refractivity (Wildman–Crippen MR) is 114 cm³/mol. The number of nitrogens with zero attached hydrogens (tertiary/aromatic N) is 2. The Balaban J connectivity index is 1.59. The van der Waals surface area contributed by atoms with Crippen molar-refractivity contribution in [1.82, 2.24) is 15.1 Å². The van der Waals surface area contributed by atoms with Crippen LogP contribution in [0.3, 0.4) is 0 Å². The second-order valence-corrected chi connectivity index (χ2v) is 7.39. The summed E-state index contributed by atoms with van der Waals surface area (Å²) in [5, 5.41) is 3.01. The quantitative estimate of drug-likeness (QED) is 0.720. The van der Waals surface area contributed by atoms with Crippen molar-refractivity contribution in [3.8, 4) is 5.75 Å². The maximum absolute atomic E-state index is 13.8. The third-order valence-corrected chi connectivity index (χ3v) is 5.42. The lowest BCUT2D eigenvalue weighted by atomic mass is 10.0. The monoisotopic (exact) mass is 415 g/mol. The van der Waals surface area contributed by atoms with Crippen LogP contribution in [0.15, 0.2) is 48.5 Å². The molecule has 1 aliphatic heterocycles. The van der Waals surface area contributed by atoms with E-state index in [1.165, 1.54) is 12.1 Å². The number of nitrogens with one attached hydrogen (secondary N) is 1. The highest BCUT2D eigenvalue weighted by atomic mass is 19.1. The fourth-order valence-corrected chi connectivity index (χ4v) is 3.68. The van der Waals surface area contributed by atoms with Crippen LogP contribution in [-0.2, 0) is 11.2 Å². The largest absolute Gasteiger partial charge is 0.496 e. The molecule has 0 aromatic heterocycles. The third-order valence-electron chi connectivity index (χ3n) is 5.42. The van der Waals surface area contributed by atoms with Gasteiger partial charge in [-0.05, 0) is 35.7 Å². The molecule has 6 nitrogen and oxygen atoms in total. The third kappa shape index (κ3) is 5.93. The molecule has 1 N–H and O–H groups in total. The number of carbonyl (C=O) groups is 1. The van der Waals surface area contributed by atoms with Gasteiger partial charge in [0.1, 0.15) is 11.6 Å². The summed E-state index contributed by atoms with van der Waals surface area (Å²) >= 11 is 0. The molecule has 0 saturated carbocycles. The smallest absolute Gasteiger partial charge is 0.317 e. The second kappa shape index (κ2) is 10.9. The minimum Gasteiger partial charge on any atom is -0.496 e. The van der Waals surface area contributed by atoms with Crippen LogP contribution in [0.2, 0.25) is 0 Å². The van der Waals surface area contributed by atoms with Crippen molar-refractivity contribution in [2.24, 2.45) is 0 Å². The van der Waals surface area contributed by atoms with E-state index in [4.69, 9.17) is 9.47 Å². The number of carbonyl (C=O) groups excluding carboxylic acids is 1. The number of likely N-dealkylation sites (N-methyl/N-ethyl adjacent to an activating group) is 1. The highest BCUT2D eigenvalue weighted by Gasteiger charge is 2.24. The summed E-state index contributed by atoms with van der Waals surface area (Å²) in [5.41, 5.74) is 1.92. The molecule has 1 saturated heterocycles.